The number of hydrogen-bond acceptors (Lipinski definition) is 2. The molecule has 0 rings (SSSR count). The summed E-state index contributed by atoms with van der Waals surface area (Å²) in [5, 5.41) is 2.60. The zero-order valence-electron chi connectivity index (χ0n) is 9.92. The molecule has 0 saturated carbocycles. The molecule has 0 radical (unpaired) electrons. The maximum Gasteiger partial charge on any atom is 0.219 e. The van der Waals surface area contributed by atoms with Crippen LogP contribution in [-0.4, -0.2) is 19.2 Å². The molecule has 15 heavy (non-hydrogen) atoms. The highest BCUT2D eigenvalue weighted by molar-refractivity contribution is 5.75. The number of unbranched alkanes of at least 4 members (excludes halogenated alkanes) is 2. The van der Waals surface area contributed by atoms with Gasteiger partial charge in [0.1, 0.15) is 6.29 Å². The fraction of sp³-hybridized carbons (Fsp3) is 0.833. The largest absolute Gasteiger partial charge is 0.359 e. The number of hydrogen-bond donors (Lipinski definition) is 1. The highest BCUT2D eigenvalue weighted by Crippen LogP contribution is 2.13. The van der Waals surface area contributed by atoms with Crippen molar-refractivity contribution in [1.29, 1.82) is 0 Å². The molecular weight excluding hydrogens is 190 g/mol. The molecule has 0 aliphatic heterocycles. The van der Waals surface area contributed by atoms with Crippen molar-refractivity contribution in [2.45, 2.75) is 51.9 Å². The Labute approximate surface area is 92.6 Å². The van der Waals surface area contributed by atoms with Crippen LogP contribution in [0.5, 0.6) is 0 Å². The van der Waals surface area contributed by atoms with Crippen LogP contribution in [-0.2, 0) is 9.59 Å². The van der Waals surface area contributed by atoms with Crippen molar-refractivity contribution < 1.29 is 9.59 Å². The normalized spacial score (nSPS) is 12.1. The van der Waals surface area contributed by atoms with E-state index in [2.05, 4.69) is 12.2 Å². The van der Waals surface area contributed by atoms with Crippen molar-refractivity contribution >= 4 is 12.2 Å². The SMILES string of the molecule is CCCC(C=O)CCCCCC(=O)NC. The third kappa shape index (κ3) is 8.16. The lowest BCUT2D eigenvalue weighted by Crippen LogP contribution is -2.16. The predicted molar refractivity (Wildman–Crippen MR) is 61.6 cm³/mol. The summed E-state index contributed by atoms with van der Waals surface area (Å²) < 4.78 is 0. The van der Waals surface area contributed by atoms with Gasteiger partial charge in [-0.15, -0.1) is 0 Å². The summed E-state index contributed by atoms with van der Waals surface area (Å²) in [5.41, 5.74) is 0. The van der Waals surface area contributed by atoms with Gasteiger partial charge in [0.2, 0.25) is 5.91 Å². The molecule has 3 heteroatoms. The third-order valence-corrected chi connectivity index (χ3v) is 2.61. The average molecular weight is 213 g/mol. The summed E-state index contributed by atoms with van der Waals surface area (Å²) >= 11 is 0. The van der Waals surface area contributed by atoms with Crippen molar-refractivity contribution in [3.8, 4) is 0 Å². The first kappa shape index (κ1) is 14.1. The quantitative estimate of drug-likeness (QED) is 0.472. The fourth-order valence-corrected chi connectivity index (χ4v) is 1.65. The lowest BCUT2D eigenvalue weighted by molar-refractivity contribution is -0.120. The minimum absolute atomic E-state index is 0.107. The summed E-state index contributed by atoms with van der Waals surface area (Å²) in [6.45, 7) is 2.10. The summed E-state index contributed by atoms with van der Waals surface area (Å²) in [7, 11) is 1.66. The molecule has 0 aromatic rings. The second-order valence-electron chi connectivity index (χ2n) is 3.96. The Balaban J connectivity index is 3.36. The number of rotatable bonds is 9. The minimum Gasteiger partial charge on any atom is -0.359 e. The first-order valence-corrected chi connectivity index (χ1v) is 5.90. The van der Waals surface area contributed by atoms with E-state index in [9.17, 15) is 9.59 Å². The molecule has 3 nitrogen and oxygen atoms in total. The zero-order chi connectivity index (χ0) is 11.5. The highest BCUT2D eigenvalue weighted by Gasteiger charge is 2.05. The van der Waals surface area contributed by atoms with Gasteiger partial charge in [-0.3, -0.25) is 4.79 Å². The van der Waals surface area contributed by atoms with E-state index in [0.717, 1.165) is 44.8 Å². The molecule has 0 aromatic heterocycles. The smallest absolute Gasteiger partial charge is 0.219 e. The topological polar surface area (TPSA) is 46.2 Å². The van der Waals surface area contributed by atoms with Crippen LogP contribution in [0.2, 0.25) is 0 Å². The Morgan fingerprint density at radius 2 is 2.00 bits per heavy atom. The molecule has 0 heterocycles. The zero-order valence-corrected chi connectivity index (χ0v) is 9.92. The molecule has 0 bridgehead atoms. The van der Waals surface area contributed by atoms with E-state index in [4.69, 9.17) is 0 Å². The average Bonchev–Trinajstić information content (AvgIpc) is 2.26. The van der Waals surface area contributed by atoms with Gasteiger partial charge in [0.05, 0.1) is 0 Å². The minimum atomic E-state index is 0.107. The number of carbonyl (C=O) groups excluding carboxylic acids is 2. The van der Waals surface area contributed by atoms with Crippen LogP contribution in [0.25, 0.3) is 0 Å². The van der Waals surface area contributed by atoms with E-state index in [0.29, 0.717) is 6.42 Å². The van der Waals surface area contributed by atoms with Gasteiger partial charge in [-0.25, -0.2) is 0 Å². The van der Waals surface area contributed by atoms with Gasteiger partial charge in [0, 0.05) is 19.4 Å². The van der Waals surface area contributed by atoms with E-state index < -0.39 is 0 Å². The van der Waals surface area contributed by atoms with Crippen LogP contribution < -0.4 is 5.32 Å². The Morgan fingerprint density at radius 1 is 1.27 bits per heavy atom. The number of nitrogens with one attached hydrogen (secondary N) is 1. The van der Waals surface area contributed by atoms with Crippen LogP contribution in [0.1, 0.15) is 51.9 Å². The molecular formula is C12H23NO2. The van der Waals surface area contributed by atoms with Crippen LogP contribution in [0.3, 0.4) is 0 Å². The summed E-state index contributed by atoms with van der Waals surface area (Å²) in [6, 6.07) is 0. The summed E-state index contributed by atoms with van der Waals surface area (Å²) in [6.07, 6.45) is 7.75. The standard InChI is InChI=1S/C12H23NO2/c1-3-7-11(10-14)8-5-4-6-9-12(15)13-2/h10-11H,3-9H2,1-2H3,(H,13,15). The van der Waals surface area contributed by atoms with Gasteiger partial charge in [0.25, 0.3) is 0 Å². The summed E-state index contributed by atoms with van der Waals surface area (Å²) in [4.78, 5) is 21.5. The van der Waals surface area contributed by atoms with Crippen molar-refractivity contribution in [2.24, 2.45) is 5.92 Å². The third-order valence-electron chi connectivity index (χ3n) is 2.61. The number of aldehydes is 1. The fourth-order valence-electron chi connectivity index (χ4n) is 1.65. The van der Waals surface area contributed by atoms with Crippen LogP contribution in [0.4, 0.5) is 0 Å². The van der Waals surface area contributed by atoms with Crippen LogP contribution in [0.15, 0.2) is 0 Å². The molecule has 0 aliphatic rings. The molecule has 1 N–H and O–H groups in total. The van der Waals surface area contributed by atoms with Gasteiger partial charge in [-0.1, -0.05) is 26.2 Å². The molecule has 0 aromatic carbocycles. The van der Waals surface area contributed by atoms with E-state index in [1.165, 1.54) is 0 Å². The van der Waals surface area contributed by atoms with E-state index in [-0.39, 0.29) is 11.8 Å². The van der Waals surface area contributed by atoms with Crippen molar-refractivity contribution in [2.75, 3.05) is 7.05 Å². The molecule has 0 spiro atoms. The monoisotopic (exact) mass is 213 g/mol. The molecule has 1 unspecified atom stereocenters. The Morgan fingerprint density at radius 3 is 2.53 bits per heavy atom. The molecule has 88 valence electrons. The van der Waals surface area contributed by atoms with Gasteiger partial charge in [-0.2, -0.15) is 0 Å². The van der Waals surface area contributed by atoms with Crippen molar-refractivity contribution in [1.82, 2.24) is 5.32 Å². The van der Waals surface area contributed by atoms with Gasteiger partial charge in [-0.05, 0) is 19.3 Å². The van der Waals surface area contributed by atoms with E-state index >= 15 is 0 Å². The second-order valence-corrected chi connectivity index (χ2v) is 3.96. The summed E-state index contributed by atoms with van der Waals surface area (Å²) in [5.74, 6) is 0.338. The van der Waals surface area contributed by atoms with Gasteiger partial charge < -0.3 is 10.1 Å². The molecule has 0 fully saturated rings. The van der Waals surface area contributed by atoms with Gasteiger partial charge in [0.15, 0.2) is 0 Å². The molecule has 1 amide bonds. The van der Waals surface area contributed by atoms with Gasteiger partial charge >= 0.3 is 0 Å². The number of carbonyl (C=O) groups is 2. The molecule has 0 aliphatic carbocycles. The maximum atomic E-state index is 10.9. The predicted octanol–water partition coefficient (Wildman–Crippen LogP) is 2.30. The van der Waals surface area contributed by atoms with E-state index in [1.54, 1.807) is 7.05 Å². The van der Waals surface area contributed by atoms with Crippen molar-refractivity contribution in [3.63, 3.8) is 0 Å². The lowest BCUT2D eigenvalue weighted by atomic mass is 9.98. The first-order chi connectivity index (χ1) is 7.24. The highest BCUT2D eigenvalue weighted by atomic mass is 16.1. The van der Waals surface area contributed by atoms with Crippen LogP contribution in [0, 0.1) is 5.92 Å². The first-order valence-electron chi connectivity index (χ1n) is 5.90. The Kier molecular flexibility index (Phi) is 9.13. The maximum absolute atomic E-state index is 10.9. The Hall–Kier alpha value is -0.860. The molecule has 0 saturated heterocycles. The number of amides is 1. The van der Waals surface area contributed by atoms with Crippen LogP contribution >= 0.6 is 0 Å². The molecule has 1 atom stereocenters. The second kappa shape index (κ2) is 9.69. The van der Waals surface area contributed by atoms with Crippen molar-refractivity contribution in [3.05, 3.63) is 0 Å². The lowest BCUT2D eigenvalue weighted by Gasteiger charge is -2.07. The Bertz CT molecular complexity index is 180. The van der Waals surface area contributed by atoms with E-state index in [1.807, 2.05) is 0 Å².